The standard InChI is InChI=1S/C17H17FN2O4/c1-11-8-12(2-4-14(11)18)20-17(21)19-6-7-22-13-3-5-15-16(9-13)24-10-23-15/h2-5,8-9H,6-7,10H2,1H3,(H2,19,20,21). The lowest BCUT2D eigenvalue weighted by Crippen LogP contribution is -2.32. The molecule has 1 aliphatic rings. The summed E-state index contributed by atoms with van der Waals surface area (Å²) in [6.07, 6.45) is 0. The van der Waals surface area contributed by atoms with Gasteiger partial charge in [-0.25, -0.2) is 9.18 Å². The Kier molecular flexibility index (Phi) is 4.69. The van der Waals surface area contributed by atoms with Crippen molar-refractivity contribution in [3.63, 3.8) is 0 Å². The third-order valence-electron chi connectivity index (χ3n) is 3.42. The molecule has 2 aromatic carbocycles. The molecule has 6 nitrogen and oxygen atoms in total. The summed E-state index contributed by atoms with van der Waals surface area (Å²) in [7, 11) is 0. The van der Waals surface area contributed by atoms with Crippen molar-refractivity contribution < 1.29 is 23.4 Å². The second kappa shape index (κ2) is 7.08. The van der Waals surface area contributed by atoms with Gasteiger partial charge in [0.05, 0.1) is 6.54 Å². The minimum Gasteiger partial charge on any atom is -0.492 e. The van der Waals surface area contributed by atoms with Crippen LogP contribution in [0.2, 0.25) is 0 Å². The Balaban J connectivity index is 1.41. The highest BCUT2D eigenvalue weighted by molar-refractivity contribution is 5.89. The van der Waals surface area contributed by atoms with E-state index in [1.165, 1.54) is 12.1 Å². The first-order valence-electron chi connectivity index (χ1n) is 7.45. The van der Waals surface area contributed by atoms with E-state index in [1.54, 1.807) is 31.2 Å². The normalized spacial score (nSPS) is 11.9. The SMILES string of the molecule is Cc1cc(NC(=O)NCCOc2ccc3c(c2)OCO3)ccc1F. The van der Waals surface area contributed by atoms with Gasteiger partial charge in [-0.2, -0.15) is 0 Å². The first kappa shape index (κ1) is 15.9. The maximum absolute atomic E-state index is 13.2. The van der Waals surface area contributed by atoms with Crippen molar-refractivity contribution in [1.29, 1.82) is 0 Å². The monoisotopic (exact) mass is 332 g/mol. The number of nitrogens with one attached hydrogen (secondary N) is 2. The number of carbonyl (C=O) groups is 1. The third kappa shape index (κ3) is 3.87. The van der Waals surface area contributed by atoms with Gasteiger partial charge in [-0.15, -0.1) is 0 Å². The van der Waals surface area contributed by atoms with Crippen LogP contribution in [0.4, 0.5) is 14.9 Å². The van der Waals surface area contributed by atoms with Crippen LogP contribution in [0.15, 0.2) is 36.4 Å². The van der Waals surface area contributed by atoms with Crippen LogP contribution in [0.1, 0.15) is 5.56 Å². The number of benzene rings is 2. The summed E-state index contributed by atoms with van der Waals surface area (Å²) in [6.45, 7) is 2.47. The van der Waals surface area contributed by atoms with Gasteiger partial charge < -0.3 is 24.8 Å². The molecule has 0 bridgehead atoms. The number of rotatable bonds is 5. The predicted octanol–water partition coefficient (Wildman–Crippen LogP) is 3.06. The van der Waals surface area contributed by atoms with E-state index in [9.17, 15) is 9.18 Å². The van der Waals surface area contributed by atoms with Crippen molar-refractivity contribution in [3.8, 4) is 17.2 Å². The summed E-state index contributed by atoms with van der Waals surface area (Å²) in [5.74, 6) is 1.66. The molecule has 24 heavy (non-hydrogen) atoms. The lowest BCUT2D eigenvalue weighted by atomic mass is 10.2. The zero-order valence-corrected chi connectivity index (χ0v) is 13.1. The maximum atomic E-state index is 13.2. The second-order valence-corrected chi connectivity index (χ2v) is 5.21. The zero-order valence-electron chi connectivity index (χ0n) is 13.1. The number of halogens is 1. The molecule has 0 radical (unpaired) electrons. The largest absolute Gasteiger partial charge is 0.492 e. The molecule has 7 heteroatoms. The lowest BCUT2D eigenvalue weighted by Gasteiger charge is -2.10. The molecule has 0 atom stereocenters. The Morgan fingerprint density at radius 1 is 1.21 bits per heavy atom. The summed E-state index contributed by atoms with van der Waals surface area (Å²) in [6, 6.07) is 9.29. The summed E-state index contributed by atoms with van der Waals surface area (Å²) in [5.41, 5.74) is 1.00. The molecule has 3 rings (SSSR count). The molecule has 0 saturated carbocycles. The quantitative estimate of drug-likeness (QED) is 0.826. The highest BCUT2D eigenvalue weighted by atomic mass is 19.1. The van der Waals surface area contributed by atoms with E-state index >= 15 is 0 Å². The highest BCUT2D eigenvalue weighted by Crippen LogP contribution is 2.34. The van der Waals surface area contributed by atoms with Crippen LogP contribution in [-0.2, 0) is 0 Å². The van der Waals surface area contributed by atoms with Gasteiger partial charge in [-0.1, -0.05) is 0 Å². The number of amides is 2. The van der Waals surface area contributed by atoms with Gasteiger partial charge in [0, 0.05) is 11.8 Å². The topological polar surface area (TPSA) is 68.8 Å². The van der Waals surface area contributed by atoms with Crippen LogP contribution in [0.25, 0.3) is 0 Å². The molecule has 0 saturated heterocycles. The second-order valence-electron chi connectivity index (χ2n) is 5.21. The van der Waals surface area contributed by atoms with E-state index in [-0.39, 0.29) is 18.6 Å². The number of hydrogen-bond acceptors (Lipinski definition) is 4. The van der Waals surface area contributed by atoms with Crippen molar-refractivity contribution >= 4 is 11.7 Å². The van der Waals surface area contributed by atoms with Crippen LogP contribution in [0, 0.1) is 12.7 Å². The molecule has 126 valence electrons. The number of aryl methyl sites for hydroxylation is 1. The molecular weight excluding hydrogens is 315 g/mol. The average Bonchev–Trinajstić information content (AvgIpc) is 3.03. The molecule has 0 unspecified atom stereocenters. The Labute approximate surface area is 138 Å². The smallest absolute Gasteiger partial charge is 0.319 e. The Bertz CT molecular complexity index is 751. The van der Waals surface area contributed by atoms with Crippen molar-refractivity contribution in [3.05, 3.63) is 47.8 Å². The maximum Gasteiger partial charge on any atom is 0.319 e. The minimum absolute atomic E-state index is 0.212. The van der Waals surface area contributed by atoms with E-state index in [2.05, 4.69) is 10.6 Å². The predicted molar refractivity (Wildman–Crippen MR) is 86.2 cm³/mol. The summed E-state index contributed by atoms with van der Waals surface area (Å²) < 4.78 is 29.2. The van der Waals surface area contributed by atoms with Gasteiger partial charge in [0.15, 0.2) is 11.5 Å². The van der Waals surface area contributed by atoms with Crippen LogP contribution < -0.4 is 24.8 Å². The fourth-order valence-electron chi connectivity index (χ4n) is 2.20. The number of hydrogen-bond donors (Lipinski definition) is 2. The van der Waals surface area contributed by atoms with E-state index in [0.29, 0.717) is 41.7 Å². The van der Waals surface area contributed by atoms with E-state index in [0.717, 1.165) is 0 Å². The van der Waals surface area contributed by atoms with Gasteiger partial charge >= 0.3 is 6.03 Å². The molecule has 0 aromatic heterocycles. The Hall–Kier alpha value is -2.96. The van der Waals surface area contributed by atoms with E-state index < -0.39 is 0 Å². The lowest BCUT2D eigenvalue weighted by molar-refractivity contribution is 0.173. The number of urea groups is 1. The first-order chi connectivity index (χ1) is 11.6. The highest BCUT2D eigenvalue weighted by Gasteiger charge is 2.13. The number of anilines is 1. The Morgan fingerprint density at radius 3 is 2.88 bits per heavy atom. The van der Waals surface area contributed by atoms with Crippen molar-refractivity contribution in [2.75, 3.05) is 25.3 Å². The van der Waals surface area contributed by atoms with Crippen LogP contribution in [-0.4, -0.2) is 26.0 Å². The minimum atomic E-state index is -0.379. The van der Waals surface area contributed by atoms with Gasteiger partial charge in [-0.05, 0) is 42.8 Å². The van der Waals surface area contributed by atoms with Crippen molar-refractivity contribution in [2.45, 2.75) is 6.92 Å². The van der Waals surface area contributed by atoms with Crippen molar-refractivity contribution in [2.24, 2.45) is 0 Å². The number of fused-ring (bicyclic) bond motifs is 1. The van der Waals surface area contributed by atoms with Gasteiger partial charge in [0.25, 0.3) is 0 Å². The van der Waals surface area contributed by atoms with Crippen molar-refractivity contribution in [1.82, 2.24) is 5.32 Å². The number of carbonyl (C=O) groups excluding carboxylic acids is 1. The third-order valence-corrected chi connectivity index (χ3v) is 3.42. The average molecular weight is 332 g/mol. The van der Waals surface area contributed by atoms with Gasteiger partial charge in [-0.3, -0.25) is 0 Å². The van der Waals surface area contributed by atoms with Gasteiger partial charge in [0.1, 0.15) is 18.2 Å². The molecule has 2 N–H and O–H groups in total. The number of ether oxygens (including phenoxy) is 3. The molecule has 0 aliphatic carbocycles. The fourth-order valence-corrected chi connectivity index (χ4v) is 2.20. The molecule has 1 heterocycles. The zero-order chi connectivity index (χ0) is 16.9. The van der Waals surface area contributed by atoms with Gasteiger partial charge in [0.2, 0.25) is 6.79 Å². The van der Waals surface area contributed by atoms with E-state index in [4.69, 9.17) is 14.2 Å². The molecule has 2 amide bonds. The van der Waals surface area contributed by atoms with Crippen LogP contribution >= 0.6 is 0 Å². The molecule has 0 spiro atoms. The fraction of sp³-hybridized carbons (Fsp3) is 0.235. The summed E-state index contributed by atoms with van der Waals surface area (Å²) in [4.78, 5) is 11.8. The Morgan fingerprint density at radius 2 is 2.04 bits per heavy atom. The van der Waals surface area contributed by atoms with Crippen LogP contribution in [0.3, 0.4) is 0 Å². The van der Waals surface area contributed by atoms with Crippen LogP contribution in [0.5, 0.6) is 17.2 Å². The molecular formula is C17H17FN2O4. The summed E-state index contributed by atoms with van der Waals surface area (Å²) >= 11 is 0. The molecule has 2 aromatic rings. The molecule has 0 fully saturated rings. The summed E-state index contributed by atoms with van der Waals surface area (Å²) in [5, 5.41) is 5.30. The first-order valence-corrected chi connectivity index (χ1v) is 7.45. The van der Waals surface area contributed by atoms with E-state index in [1.807, 2.05) is 0 Å². The molecule has 1 aliphatic heterocycles.